The topological polar surface area (TPSA) is 83.6 Å². The lowest BCUT2D eigenvalue weighted by Gasteiger charge is -2.14. The molecular formula is C11H14ClNO3. The van der Waals surface area contributed by atoms with E-state index in [1.54, 1.807) is 19.1 Å². The molecule has 0 aliphatic carbocycles. The van der Waals surface area contributed by atoms with Gasteiger partial charge in [-0.25, -0.2) is 0 Å². The number of phenolic OH excluding ortho intramolecular Hbond substituents is 1. The molecule has 0 aliphatic heterocycles. The second-order valence-electron chi connectivity index (χ2n) is 3.70. The molecule has 0 bridgehead atoms. The Morgan fingerprint density at radius 1 is 1.56 bits per heavy atom. The van der Waals surface area contributed by atoms with Crippen molar-refractivity contribution < 1.29 is 15.0 Å². The smallest absolute Gasteiger partial charge is 0.304 e. The number of halogens is 1. The van der Waals surface area contributed by atoms with Crippen LogP contribution in [0.15, 0.2) is 12.1 Å². The first-order valence-electron chi connectivity index (χ1n) is 4.86. The summed E-state index contributed by atoms with van der Waals surface area (Å²) in [6.07, 6.45) is -0.0446. The van der Waals surface area contributed by atoms with Crippen molar-refractivity contribution in [3.05, 3.63) is 28.3 Å². The van der Waals surface area contributed by atoms with E-state index in [1.165, 1.54) is 0 Å². The van der Waals surface area contributed by atoms with E-state index in [1.807, 2.05) is 0 Å². The molecular weight excluding hydrogens is 230 g/mol. The number of phenols is 1. The van der Waals surface area contributed by atoms with Crippen LogP contribution in [0, 0.1) is 6.92 Å². The van der Waals surface area contributed by atoms with Gasteiger partial charge in [-0.15, -0.1) is 0 Å². The van der Waals surface area contributed by atoms with E-state index in [0.29, 0.717) is 5.56 Å². The molecule has 0 radical (unpaired) electrons. The van der Waals surface area contributed by atoms with Crippen molar-refractivity contribution >= 4 is 17.6 Å². The SMILES string of the molecule is Cc1cc(C(CN)CC(=O)O)cc(Cl)c1O. The molecule has 4 N–H and O–H groups in total. The maximum absolute atomic E-state index is 10.6. The predicted octanol–water partition coefficient (Wildman–Crippen LogP) is 1.87. The molecule has 1 aromatic carbocycles. The minimum Gasteiger partial charge on any atom is -0.506 e. The van der Waals surface area contributed by atoms with Gasteiger partial charge < -0.3 is 15.9 Å². The van der Waals surface area contributed by atoms with Crippen LogP contribution < -0.4 is 5.73 Å². The molecule has 5 heteroatoms. The summed E-state index contributed by atoms with van der Waals surface area (Å²) in [5.74, 6) is -1.16. The fraction of sp³-hybridized carbons (Fsp3) is 0.364. The van der Waals surface area contributed by atoms with Crippen LogP contribution in [0.2, 0.25) is 5.02 Å². The van der Waals surface area contributed by atoms with Gasteiger partial charge in [-0.3, -0.25) is 4.79 Å². The largest absolute Gasteiger partial charge is 0.506 e. The average Bonchev–Trinajstić information content (AvgIpc) is 2.21. The Kier molecular flexibility index (Phi) is 4.15. The number of aliphatic carboxylic acids is 1. The van der Waals surface area contributed by atoms with Crippen LogP contribution in [-0.2, 0) is 4.79 Å². The molecule has 16 heavy (non-hydrogen) atoms. The summed E-state index contributed by atoms with van der Waals surface area (Å²) in [7, 11) is 0. The molecule has 0 spiro atoms. The van der Waals surface area contributed by atoms with Crippen molar-refractivity contribution in [2.24, 2.45) is 5.73 Å². The van der Waals surface area contributed by atoms with E-state index < -0.39 is 5.97 Å². The molecule has 0 heterocycles. The molecule has 1 atom stereocenters. The number of carboxylic acids is 1. The zero-order chi connectivity index (χ0) is 12.3. The zero-order valence-corrected chi connectivity index (χ0v) is 9.66. The molecule has 4 nitrogen and oxygen atoms in total. The summed E-state index contributed by atoms with van der Waals surface area (Å²) >= 11 is 5.82. The van der Waals surface area contributed by atoms with E-state index in [9.17, 15) is 9.90 Å². The molecule has 0 saturated heterocycles. The summed E-state index contributed by atoms with van der Waals surface area (Å²) in [5.41, 5.74) is 6.88. The Morgan fingerprint density at radius 3 is 2.62 bits per heavy atom. The summed E-state index contributed by atoms with van der Waals surface area (Å²) < 4.78 is 0. The van der Waals surface area contributed by atoms with Gasteiger partial charge in [0, 0.05) is 5.92 Å². The minimum atomic E-state index is -0.905. The molecule has 0 aliphatic rings. The lowest BCUT2D eigenvalue weighted by atomic mass is 9.94. The van der Waals surface area contributed by atoms with Crippen LogP contribution in [0.4, 0.5) is 0 Å². The minimum absolute atomic E-state index is 0.0245. The van der Waals surface area contributed by atoms with Gasteiger partial charge in [0.15, 0.2) is 0 Å². The van der Waals surface area contributed by atoms with Crippen molar-refractivity contribution in [2.45, 2.75) is 19.3 Å². The molecule has 0 fully saturated rings. The van der Waals surface area contributed by atoms with Crippen molar-refractivity contribution in [2.75, 3.05) is 6.54 Å². The summed E-state index contributed by atoms with van der Waals surface area (Å²) in [4.78, 5) is 10.6. The Hall–Kier alpha value is -1.26. The lowest BCUT2D eigenvalue weighted by molar-refractivity contribution is -0.137. The highest BCUT2D eigenvalue weighted by Crippen LogP contribution is 2.32. The first-order valence-corrected chi connectivity index (χ1v) is 5.24. The van der Waals surface area contributed by atoms with E-state index >= 15 is 0 Å². The fourth-order valence-corrected chi connectivity index (χ4v) is 1.82. The Morgan fingerprint density at radius 2 is 2.19 bits per heavy atom. The first kappa shape index (κ1) is 12.8. The zero-order valence-electron chi connectivity index (χ0n) is 8.90. The van der Waals surface area contributed by atoms with Crippen molar-refractivity contribution in [1.82, 2.24) is 0 Å². The molecule has 1 unspecified atom stereocenters. The monoisotopic (exact) mass is 243 g/mol. The third kappa shape index (κ3) is 2.87. The Balaban J connectivity index is 3.06. The maximum atomic E-state index is 10.6. The van der Waals surface area contributed by atoms with E-state index in [4.69, 9.17) is 22.4 Å². The number of rotatable bonds is 4. The van der Waals surface area contributed by atoms with Gasteiger partial charge in [0.2, 0.25) is 0 Å². The highest BCUT2D eigenvalue weighted by atomic mass is 35.5. The third-order valence-corrected chi connectivity index (χ3v) is 2.74. The van der Waals surface area contributed by atoms with Crippen molar-refractivity contribution in [1.29, 1.82) is 0 Å². The van der Waals surface area contributed by atoms with Gasteiger partial charge >= 0.3 is 5.97 Å². The molecule has 0 aromatic heterocycles. The van der Waals surface area contributed by atoms with Gasteiger partial charge in [-0.2, -0.15) is 0 Å². The van der Waals surface area contributed by atoms with Gasteiger partial charge in [0.1, 0.15) is 5.75 Å². The van der Waals surface area contributed by atoms with E-state index in [0.717, 1.165) is 5.56 Å². The lowest BCUT2D eigenvalue weighted by Crippen LogP contribution is -2.16. The maximum Gasteiger partial charge on any atom is 0.304 e. The first-order chi connectivity index (χ1) is 7.45. The quantitative estimate of drug-likeness (QED) is 0.754. The summed E-state index contributed by atoms with van der Waals surface area (Å²) in [6.45, 7) is 1.94. The van der Waals surface area contributed by atoms with E-state index in [-0.39, 0.29) is 29.7 Å². The number of aryl methyl sites for hydroxylation is 1. The molecule has 88 valence electrons. The average molecular weight is 244 g/mol. The second kappa shape index (κ2) is 5.18. The molecule has 0 saturated carbocycles. The number of hydrogen-bond donors (Lipinski definition) is 3. The number of nitrogens with two attached hydrogens (primary N) is 1. The number of aromatic hydroxyl groups is 1. The molecule has 1 aromatic rings. The van der Waals surface area contributed by atoms with Crippen LogP contribution in [0.1, 0.15) is 23.5 Å². The van der Waals surface area contributed by atoms with E-state index in [2.05, 4.69) is 0 Å². The van der Waals surface area contributed by atoms with Crippen LogP contribution in [0.3, 0.4) is 0 Å². The number of carboxylic acid groups (broad SMARTS) is 1. The van der Waals surface area contributed by atoms with Crippen LogP contribution in [-0.4, -0.2) is 22.7 Å². The summed E-state index contributed by atoms with van der Waals surface area (Å²) in [5, 5.41) is 18.4. The Bertz CT molecular complexity index is 383. The third-order valence-electron chi connectivity index (χ3n) is 2.45. The van der Waals surface area contributed by atoms with Gasteiger partial charge in [0.05, 0.1) is 11.4 Å². The normalized spacial score (nSPS) is 12.4. The van der Waals surface area contributed by atoms with Crippen molar-refractivity contribution in [3.63, 3.8) is 0 Å². The molecule has 1 rings (SSSR count). The predicted molar refractivity (Wildman–Crippen MR) is 61.9 cm³/mol. The number of benzene rings is 1. The summed E-state index contributed by atoms with van der Waals surface area (Å²) in [6, 6.07) is 3.27. The number of hydrogen-bond acceptors (Lipinski definition) is 3. The highest BCUT2D eigenvalue weighted by molar-refractivity contribution is 6.32. The van der Waals surface area contributed by atoms with Crippen LogP contribution >= 0.6 is 11.6 Å². The van der Waals surface area contributed by atoms with Crippen LogP contribution in [0.25, 0.3) is 0 Å². The van der Waals surface area contributed by atoms with Gasteiger partial charge in [0.25, 0.3) is 0 Å². The second-order valence-corrected chi connectivity index (χ2v) is 4.11. The van der Waals surface area contributed by atoms with Gasteiger partial charge in [-0.1, -0.05) is 17.7 Å². The Labute approximate surface area is 98.6 Å². The van der Waals surface area contributed by atoms with Crippen molar-refractivity contribution in [3.8, 4) is 5.75 Å². The molecule has 0 amide bonds. The van der Waals surface area contributed by atoms with Gasteiger partial charge in [-0.05, 0) is 30.7 Å². The van der Waals surface area contributed by atoms with Crippen LogP contribution in [0.5, 0.6) is 5.75 Å². The highest BCUT2D eigenvalue weighted by Gasteiger charge is 2.16. The fourth-order valence-electron chi connectivity index (χ4n) is 1.55. The number of carbonyl (C=O) groups is 1. The standard InChI is InChI=1S/C11H14ClNO3/c1-6-2-7(3-9(12)11(6)16)8(5-13)4-10(14)15/h2-3,8,16H,4-5,13H2,1H3,(H,14,15).